The minimum Gasteiger partial charge on any atom is -0.438 e. The highest BCUT2D eigenvalue weighted by molar-refractivity contribution is 9.10. The Hall–Kier alpha value is -2.46. The first-order valence-electron chi connectivity index (χ1n) is 7.05. The van der Waals surface area contributed by atoms with Crippen molar-refractivity contribution in [2.75, 3.05) is 5.32 Å². The van der Waals surface area contributed by atoms with Crippen LogP contribution < -0.4 is 10.1 Å². The Kier molecular flexibility index (Phi) is 5.23. The maximum Gasteiger partial charge on any atom is 0.434 e. The molecule has 26 heavy (non-hydrogen) atoms. The lowest BCUT2D eigenvalue weighted by molar-refractivity contribution is -0.140. The Balaban J connectivity index is 1.79. The smallest absolute Gasteiger partial charge is 0.434 e. The first-order chi connectivity index (χ1) is 12.3. The molecule has 0 bridgehead atoms. The topological polar surface area (TPSA) is 64.1 Å². The molecule has 3 aromatic rings. The first kappa shape index (κ1) is 18.3. The normalized spacial score (nSPS) is 11.2. The number of nitrogens with one attached hydrogen (secondary N) is 1. The van der Waals surface area contributed by atoms with Crippen molar-refractivity contribution in [2.45, 2.75) is 6.18 Å². The van der Waals surface area contributed by atoms with Gasteiger partial charge in [-0.15, -0.1) is 11.3 Å². The van der Waals surface area contributed by atoms with Crippen LogP contribution in [0.15, 0.2) is 52.4 Å². The van der Waals surface area contributed by atoms with E-state index in [4.69, 9.17) is 4.74 Å². The average Bonchev–Trinajstić information content (AvgIpc) is 3.06. The summed E-state index contributed by atoms with van der Waals surface area (Å²) in [6.07, 6.45) is -3.13. The number of aromatic nitrogens is 2. The third-order valence-corrected chi connectivity index (χ3v) is 4.35. The summed E-state index contributed by atoms with van der Waals surface area (Å²) in [5.41, 5.74) is -0.991. The van der Waals surface area contributed by atoms with E-state index < -0.39 is 17.8 Å². The van der Waals surface area contributed by atoms with Gasteiger partial charge in [0.15, 0.2) is 10.8 Å². The number of amides is 1. The van der Waals surface area contributed by atoms with Crippen LogP contribution in [0, 0.1) is 0 Å². The number of pyridine rings is 1. The Labute approximate surface area is 158 Å². The van der Waals surface area contributed by atoms with Crippen molar-refractivity contribution in [3.8, 4) is 11.6 Å². The molecule has 10 heteroatoms. The zero-order valence-electron chi connectivity index (χ0n) is 12.7. The van der Waals surface area contributed by atoms with Crippen LogP contribution in [-0.2, 0) is 6.18 Å². The second-order valence-electron chi connectivity index (χ2n) is 4.90. The van der Waals surface area contributed by atoms with Gasteiger partial charge in [0.1, 0.15) is 11.3 Å². The van der Waals surface area contributed by atoms with Gasteiger partial charge in [-0.05, 0) is 36.4 Å². The van der Waals surface area contributed by atoms with E-state index in [2.05, 4.69) is 31.2 Å². The fourth-order valence-corrected chi connectivity index (χ4v) is 2.86. The van der Waals surface area contributed by atoms with Crippen molar-refractivity contribution in [2.24, 2.45) is 0 Å². The van der Waals surface area contributed by atoms with Gasteiger partial charge in [-0.2, -0.15) is 13.2 Å². The molecule has 3 rings (SSSR count). The highest BCUT2D eigenvalue weighted by Gasteiger charge is 2.34. The molecule has 1 aromatic carbocycles. The molecule has 5 nitrogen and oxygen atoms in total. The Morgan fingerprint density at radius 2 is 1.92 bits per heavy atom. The number of thiazole rings is 1. The summed E-state index contributed by atoms with van der Waals surface area (Å²) >= 11 is 3.98. The molecule has 1 N–H and O–H groups in total. The number of ether oxygens (including phenoxy) is 1. The van der Waals surface area contributed by atoms with Crippen molar-refractivity contribution < 1.29 is 22.7 Å². The van der Waals surface area contributed by atoms with Gasteiger partial charge < -0.3 is 4.74 Å². The van der Waals surface area contributed by atoms with Crippen LogP contribution in [0.1, 0.15) is 16.1 Å². The first-order valence-corrected chi connectivity index (χ1v) is 8.73. The van der Waals surface area contributed by atoms with Crippen molar-refractivity contribution >= 4 is 38.3 Å². The predicted molar refractivity (Wildman–Crippen MR) is 93.5 cm³/mol. The van der Waals surface area contributed by atoms with E-state index in [1.165, 1.54) is 18.3 Å². The molecule has 0 saturated heterocycles. The van der Waals surface area contributed by atoms with Crippen LogP contribution in [0.25, 0.3) is 0 Å². The highest BCUT2D eigenvalue weighted by Crippen LogP contribution is 2.32. The van der Waals surface area contributed by atoms with Crippen molar-refractivity contribution in [1.82, 2.24) is 9.97 Å². The molecule has 134 valence electrons. The van der Waals surface area contributed by atoms with Crippen LogP contribution in [0.4, 0.5) is 18.3 Å². The Morgan fingerprint density at radius 1 is 1.19 bits per heavy atom. The van der Waals surface area contributed by atoms with Gasteiger partial charge in [-0.1, -0.05) is 15.9 Å². The van der Waals surface area contributed by atoms with Gasteiger partial charge in [0.25, 0.3) is 5.91 Å². The van der Waals surface area contributed by atoms with Gasteiger partial charge in [-0.25, -0.2) is 9.97 Å². The lowest BCUT2D eigenvalue weighted by Crippen LogP contribution is -2.14. The number of benzene rings is 1. The van der Waals surface area contributed by atoms with Crippen LogP contribution in [-0.4, -0.2) is 15.9 Å². The number of nitrogens with zero attached hydrogens (tertiary/aromatic N) is 2. The number of carbonyl (C=O) groups excluding carboxylic acids is 1. The Bertz CT molecular complexity index is 929. The minimum atomic E-state index is -4.57. The number of rotatable bonds is 4. The van der Waals surface area contributed by atoms with Crippen LogP contribution >= 0.6 is 27.3 Å². The summed E-state index contributed by atoms with van der Waals surface area (Å²) in [7, 11) is 0. The summed E-state index contributed by atoms with van der Waals surface area (Å²) in [4.78, 5) is 19.8. The molecule has 0 spiro atoms. The summed E-state index contributed by atoms with van der Waals surface area (Å²) in [6, 6.07) is 9.84. The highest BCUT2D eigenvalue weighted by atomic mass is 79.9. The quantitative estimate of drug-likeness (QED) is 0.588. The van der Waals surface area contributed by atoms with E-state index >= 15 is 0 Å². The number of carbonyl (C=O) groups is 1. The van der Waals surface area contributed by atoms with Gasteiger partial charge in [0.2, 0.25) is 5.88 Å². The van der Waals surface area contributed by atoms with Crippen LogP contribution in [0.3, 0.4) is 0 Å². The second-order valence-corrected chi connectivity index (χ2v) is 6.68. The molecule has 0 aliphatic heterocycles. The fraction of sp³-hybridized carbons (Fsp3) is 0.0625. The summed E-state index contributed by atoms with van der Waals surface area (Å²) in [5, 5.41) is 2.99. The minimum absolute atomic E-state index is 0.0277. The zero-order chi connectivity index (χ0) is 18.7. The molecule has 1 amide bonds. The molecule has 2 aromatic heterocycles. The molecule has 0 aliphatic rings. The maximum atomic E-state index is 12.6. The zero-order valence-corrected chi connectivity index (χ0v) is 15.2. The predicted octanol–water partition coefficient (Wildman–Crippen LogP) is 5.36. The van der Waals surface area contributed by atoms with E-state index in [-0.39, 0.29) is 16.6 Å². The maximum absolute atomic E-state index is 12.6. The second kappa shape index (κ2) is 7.42. The molecular weight excluding hydrogens is 435 g/mol. The molecular formula is C16H9BrF3N3O2S. The van der Waals surface area contributed by atoms with Gasteiger partial charge in [0, 0.05) is 16.0 Å². The Morgan fingerprint density at radius 3 is 2.58 bits per heavy atom. The largest absolute Gasteiger partial charge is 0.438 e. The molecule has 0 unspecified atom stereocenters. The van der Waals surface area contributed by atoms with E-state index in [0.717, 1.165) is 9.85 Å². The van der Waals surface area contributed by atoms with E-state index in [9.17, 15) is 18.0 Å². The lowest BCUT2D eigenvalue weighted by Gasteiger charge is -2.09. The molecule has 0 atom stereocenters. The molecule has 0 aliphatic carbocycles. The fourth-order valence-electron chi connectivity index (χ4n) is 1.89. The number of hydrogen-bond acceptors (Lipinski definition) is 5. The van der Waals surface area contributed by atoms with Gasteiger partial charge in [-0.3, -0.25) is 10.1 Å². The SMILES string of the molecule is O=C(Nc1nc(C(F)(F)F)cs1)c1cccnc1Oc1ccc(Br)cc1. The van der Waals surface area contributed by atoms with Crippen molar-refractivity contribution in [3.05, 3.63) is 63.7 Å². The average molecular weight is 444 g/mol. The van der Waals surface area contributed by atoms with Crippen LogP contribution in [0.2, 0.25) is 0 Å². The number of halogens is 4. The van der Waals surface area contributed by atoms with E-state index in [1.807, 2.05) is 0 Å². The summed E-state index contributed by atoms with van der Waals surface area (Å²) in [6.45, 7) is 0. The summed E-state index contributed by atoms with van der Waals surface area (Å²) < 4.78 is 44.2. The van der Waals surface area contributed by atoms with Crippen LogP contribution in [0.5, 0.6) is 11.6 Å². The van der Waals surface area contributed by atoms with E-state index in [0.29, 0.717) is 17.1 Å². The number of anilines is 1. The third kappa shape index (κ3) is 4.38. The molecule has 2 heterocycles. The third-order valence-electron chi connectivity index (χ3n) is 3.06. The summed E-state index contributed by atoms with van der Waals surface area (Å²) in [5.74, 6) is -0.192. The standard InChI is InChI=1S/C16H9BrF3N3O2S/c17-9-3-5-10(6-4-9)25-14-11(2-1-7-21-14)13(24)23-15-22-12(8-26-15)16(18,19)20/h1-8H,(H,22,23,24). The van der Waals surface area contributed by atoms with Crippen molar-refractivity contribution in [1.29, 1.82) is 0 Å². The van der Waals surface area contributed by atoms with Gasteiger partial charge in [0.05, 0.1) is 0 Å². The number of hydrogen-bond donors (Lipinski definition) is 1. The number of alkyl halides is 3. The van der Waals surface area contributed by atoms with Gasteiger partial charge >= 0.3 is 6.18 Å². The lowest BCUT2D eigenvalue weighted by atomic mass is 10.2. The van der Waals surface area contributed by atoms with Crippen molar-refractivity contribution in [3.63, 3.8) is 0 Å². The monoisotopic (exact) mass is 443 g/mol. The molecule has 0 fully saturated rings. The molecule has 0 radical (unpaired) electrons. The van der Waals surface area contributed by atoms with E-state index in [1.54, 1.807) is 24.3 Å². The molecule has 0 saturated carbocycles.